The Morgan fingerprint density at radius 2 is 1.64 bits per heavy atom. The second-order valence-corrected chi connectivity index (χ2v) is 7.28. The predicted molar refractivity (Wildman–Crippen MR) is 117 cm³/mol. The van der Waals surface area contributed by atoms with E-state index >= 15 is 0 Å². The van der Waals surface area contributed by atoms with Crippen LogP contribution in [-0.2, 0) is 6.42 Å². The summed E-state index contributed by atoms with van der Waals surface area (Å²) in [7, 11) is 0. The van der Waals surface area contributed by atoms with Gasteiger partial charge in [-0.05, 0) is 47.8 Å². The fourth-order valence-electron chi connectivity index (χ4n) is 2.58. The Morgan fingerprint density at radius 3 is 2.39 bits per heavy atom. The van der Waals surface area contributed by atoms with Crippen LogP contribution >= 0.6 is 23.6 Å². The molecule has 1 heterocycles. The van der Waals surface area contributed by atoms with E-state index < -0.39 is 0 Å². The van der Waals surface area contributed by atoms with Crippen LogP contribution in [0.4, 0.5) is 5.69 Å². The van der Waals surface area contributed by atoms with Gasteiger partial charge in [-0.3, -0.25) is 14.9 Å². The molecule has 2 aromatic carbocycles. The summed E-state index contributed by atoms with van der Waals surface area (Å²) in [6.45, 7) is 0.525. The average molecular weight is 410 g/mol. The number of anilines is 1. The molecule has 0 radical (unpaired) electrons. The topological polar surface area (TPSA) is 70.2 Å². The van der Waals surface area contributed by atoms with Crippen molar-refractivity contribution >= 4 is 46.2 Å². The van der Waals surface area contributed by atoms with Gasteiger partial charge in [-0.1, -0.05) is 48.5 Å². The Balaban J connectivity index is 1.58. The van der Waals surface area contributed by atoms with Gasteiger partial charge in [-0.25, -0.2) is 0 Å². The molecule has 0 saturated carbocycles. The van der Waals surface area contributed by atoms with Crippen LogP contribution in [0.3, 0.4) is 0 Å². The van der Waals surface area contributed by atoms with E-state index in [1.165, 1.54) is 11.3 Å². The molecule has 1 aromatic heterocycles. The zero-order valence-corrected chi connectivity index (χ0v) is 16.6. The van der Waals surface area contributed by atoms with Crippen molar-refractivity contribution in [2.24, 2.45) is 0 Å². The highest BCUT2D eigenvalue weighted by Gasteiger charge is 2.13. The Kier molecular flexibility index (Phi) is 6.89. The molecular formula is C21H19N3O2S2. The van der Waals surface area contributed by atoms with E-state index in [9.17, 15) is 9.59 Å². The summed E-state index contributed by atoms with van der Waals surface area (Å²) in [6, 6.07) is 20.5. The first-order valence-electron chi connectivity index (χ1n) is 8.70. The maximum absolute atomic E-state index is 12.6. The van der Waals surface area contributed by atoms with E-state index in [1.54, 1.807) is 36.4 Å². The van der Waals surface area contributed by atoms with Crippen molar-refractivity contribution in [1.82, 2.24) is 10.6 Å². The van der Waals surface area contributed by atoms with Gasteiger partial charge in [0, 0.05) is 6.54 Å². The zero-order chi connectivity index (χ0) is 19.8. The summed E-state index contributed by atoms with van der Waals surface area (Å²) in [5, 5.41) is 10.4. The van der Waals surface area contributed by atoms with Crippen LogP contribution < -0.4 is 16.0 Å². The standard InChI is InChI=1S/C21H19N3O2S2/c25-19(22-13-12-15-7-2-1-3-8-15)16-9-4-5-10-17(16)23-21(27)24-20(26)18-11-6-14-28-18/h1-11,14H,12-13H2,(H,22,25)(H2,23,24,26,27). The fraction of sp³-hybridized carbons (Fsp3) is 0.0952. The van der Waals surface area contributed by atoms with Crippen LogP contribution in [-0.4, -0.2) is 23.5 Å². The predicted octanol–water partition coefficient (Wildman–Crippen LogP) is 3.85. The van der Waals surface area contributed by atoms with Crippen LogP contribution in [0.5, 0.6) is 0 Å². The molecule has 3 N–H and O–H groups in total. The molecule has 0 bridgehead atoms. The minimum absolute atomic E-state index is 0.142. The molecule has 142 valence electrons. The number of thiocarbonyl (C=S) groups is 1. The number of nitrogens with one attached hydrogen (secondary N) is 3. The van der Waals surface area contributed by atoms with Crippen molar-refractivity contribution in [3.8, 4) is 0 Å². The molecular weight excluding hydrogens is 390 g/mol. The molecule has 0 aliphatic rings. The molecule has 0 spiro atoms. The third-order valence-corrected chi connectivity index (χ3v) is 5.01. The van der Waals surface area contributed by atoms with E-state index in [-0.39, 0.29) is 16.9 Å². The SMILES string of the molecule is O=C(NC(=S)Nc1ccccc1C(=O)NCCc1ccccc1)c1cccs1. The number of amides is 2. The van der Waals surface area contributed by atoms with Crippen molar-refractivity contribution in [2.75, 3.05) is 11.9 Å². The highest BCUT2D eigenvalue weighted by atomic mass is 32.1. The second kappa shape index (κ2) is 9.77. The molecule has 28 heavy (non-hydrogen) atoms. The molecule has 3 aromatic rings. The molecule has 0 atom stereocenters. The van der Waals surface area contributed by atoms with Crippen LogP contribution in [0.25, 0.3) is 0 Å². The first kappa shape index (κ1) is 19.7. The van der Waals surface area contributed by atoms with E-state index in [0.717, 1.165) is 12.0 Å². The molecule has 2 amide bonds. The zero-order valence-electron chi connectivity index (χ0n) is 15.0. The molecule has 0 fully saturated rings. The van der Waals surface area contributed by atoms with Gasteiger partial charge in [0.25, 0.3) is 11.8 Å². The number of carbonyl (C=O) groups is 2. The highest BCUT2D eigenvalue weighted by Crippen LogP contribution is 2.15. The van der Waals surface area contributed by atoms with Gasteiger partial charge >= 0.3 is 0 Å². The molecule has 0 saturated heterocycles. The third-order valence-electron chi connectivity index (χ3n) is 3.93. The lowest BCUT2D eigenvalue weighted by Gasteiger charge is -2.13. The number of hydrogen-bond donors (Lipinski definition) is 3. The maximum atomic E-state index is 12.6. The smallest absolute Gasteiger partial charge is 0.267 e. The number of benzene rings is 2. The van der Waals surface area contributed by atoms with E-state index in [1.807, 2.05) is 35.7 Å². The van der Waals surface area contributed by atoms with E-state index in [2.05, 4.69) is 16.0 Å². The normalized spacial score (nSPS) is 10.1. The molecule has 5 nitrogen and oxygen atoms in total. The minimum Gasteiger partial charge on any atom is -0.352 e. The summed E-state index contributed by atoms with van der Waals surface area (Å²) in [6.07, 6.45) is 0.747. The summed E-state index contributed by atoms with van der Waals surface area (Å²) in [5.41, 5.74) is 2.16. The van der Waals surface area contributed by atoms with E-state index in [4.69, 9.17) is 12.2 Å². The van der Waals surface area contributed by atoms with Gasteiger partial charge in [-0.15, -0.1) is 11.3 Å². The highest BCUT2D eigenvalue weighted by molar-refractivity contribution is 7.80. The number of para-hydroxylation sites is 1. The Labute approximate surface area is 172 Å². The van der Waals surface area contributed by atoms with Gasteiger partial charge in [0.15, 0.2) is 5.11 Å². The van der Waals surface area contributed by atoms with Crippen molar-refractivity contribution in [2.45, 2.75) is 6.42 Å². The number of rotatable bonds is 6. The van der Waals surface area contributed by atoms with Crippen LogP contribution in [0, 0.1) is 0 Å². The summed E-state index contributed by atoms with van der Waals surface area (Å²) >= 11 is 6.54. The third kappa shape index (κ3) is 5.48. The first-order chi connectivity index (χ1) is 13.6. The van der Waals surface area contributed by atoms with E-state index in [0.29, 0.717) is 22.7 Å². The Morgan fingerprint density at radius 1 is 0.893 bits per heavy atom. The van der Waals surface area contributed by atoms with Crippen LogP contribution in [0.2, 0.25) is 0 Å². The fourth-order valence-corrected chi connectivity index (χ4v) is 3.40. The number of carbonyl (C=O) groups excluding carboxylic acids is 2. The average Bonchev–Trinajstić information content (AvgIpc) is 3.24. The minimum atomic E-state index is -0.280. The van der Waals surface area contributed by atoms with Crippen molar-refractivity contribution in [3.63, 3.8) is 0 Å². The van der Waals surface area contributed by atoms with Gasteiger partial charge in [0.1, 0.15) is 0 Å². The molecule has 3 rings (SSSR count). The first-order valence-corrected chi connectivity index (χ1v) is 9.99. The monoisotopic (exact) mass is 409 g/mol. The maximum Gasteiger partial charge on any atom is 0.267 e. The van der Waals surface area contributed by atoms with Crippen LogP contribution in [0.1, 0.15) is 25.6 Å². The van der Waals surface area contributed by atoms with Crippen LogP contribution in [0.15, 0.2) is 72.1 Å². The molecule has 7 heteroatoms. The quantitative estimate of drug-likeness (QED) is 0.541. The largest absolute Gasteiger partial charge is 0.352 e. The Bertz CT molecular complexity index is 957. The lowest BCUT2D eigenvalue weighted by molar-refractivity contribution is 0.0953. The Hall–Kier alpha value is -3.03. The summed E-state index contributed by atoms with van der Waals surface area (Å²) < 4.78 is 0. The van der Waals surface area contributed by atoms with Crippen molar-refractivity contribution < 1.29 is 9.59 Å². The van der Waals surface area contributed by atoms with Crippen molar-refractivity contribution in [1.29, 1.82) is 0 Å². The molecule has 0 aliphatic heterocycles. The second-order valence-electron chi connectivity index (χ2n) is 5.92. The summed E-state index contributed by atoms with van der Waals surface area (Å²) in [4.78, 5) is 25.2. The van der Waals surface area contributed by atoms with Gasteiger partial charge in [0.2, 0.25) is 0 Å². The number of thiophene rings is 1. The lowest BCUT2D eigenvalue weighted by atomic mass is 10.1. The van der Waals surface area contributed by atoms with Gasteiger partial charge < -0.3 is 10.6 Å². The molecule has 0 unspecified atom stereocenters. The van der Waals surface area contributed by atoms with Gasteiger partial charge in [-0.2, -0.15) is 0 Å². The summed E-state index contributed by atoms with van der Waals surface area (Å²) in [5.74, 6) is -0.483. The van der Waals surface area contributed by atoms with Crippen molar-refractivity contribution in [3.05, 3.63) is 88.1 Å². The van der Waals surface area contributed by atoms with Gasteiger partial charge in [0.05, 0.1) is 16.1 Å². The lowest BCUT2D eigenvalue weighted by Crippen LogP contribution is -2.34. The molecule has 0 aliphatic carbocycles. The number of hydrogen-bond acceptors (Lipinski definition) is 4.